The summed E-state index contributed by atoms with van der Waals surface area (Å²) in [6.45, 7) is 3.76. The second kappa shape index (κ2) is 7.35. The smallest absolute Gasteiger partial charge is 0.284 e. The maximum atomic E-state index is 11.0. The van der Waals surface area contributed by atoms with E-state index in [1.54, 1.807) is 12.1 Å². The normalized spacial score (nSPS) is 11.5. The lowest BCUT2D eigenvalue weighted by atomic mass is 10.3. The van der Waals surface area contributed by atoms with E-state index in [2.05, 4.69) is 15.6 Å². The molecular weight excluding hydrogens is 282 g/mol. The van der Waals surface area contributed by atoms with Crippen molar-refractivity contribution < 1.29 is 9.21 Å². The van der Waals surface area contributed by atoms with Gasteiger partial charge in [-0.15, -0.1) is 0 Å². The molecule has 2 aromatic heterocycles. The van der Waals surface area contributed by atoms with Gasteiger partial charge in [-0.05, 0) is 30.7 Å². The van der Waals surface area contributed by atoms with Crippen LogP contribution >= 0.6 is 0 Å². The van der Waals surface area contributed by atoms with Crippen molar-refractivity contribution in [2.45, 2.75) is 20.0 Å². The van der Waals surface area contributed by atoms with E-state index >= 15 is 0 Å². The first-order chi connectivity index (χ1) is 10.6. The Kier molecular flexibility index (Phi) is 5.24. The summed E-state index contributed by atoms with van der Waals surface area (Å²) in [5.41, 5.74) is 6.29. The molecule has 2 heterocycles. The minimum Gasteiger partial charge on any atom is -0.454 e. The Bertz CT molecular complexity index is 656. The molecule has 0 saturated carbocycles. The molecule has 2 rings (SSSR count). The van der Waals surface area contributed by atoms with Gasteiger partial charge in [0, 0.05) is 26.0 Å². The number of nitrogens with two attached hydrogens (primary N) is 1. The Hall–Kier alpha value is -2.70. The van der Waals surface area contributed by atoms with Gasteiger partial charge >= 0.3 is 0 Å². The van der Waals surface area contributed by atoms with Crippen LogP contribution < -0.4 is 16.4 Å². The Morgan fingerprint density at radius 2 is 2.18 bits per heavy atom. The van der Waals surface area contributed by atoms with Crippen molar-refractivity contribution in [1.29, 1.82) is 0 Å². The minimum atomic E-state index is -0.573. The molecule has 0 aliphatic heterocycles. The highest BCUT2D eigenvalue weighted by molar-refractivity contribution is 5.89. The highest BCUT2D eigenvalue weighted by Gasteiger charge is 2.07. The Labute approximate surface area is 129 Å². The van der Waals surface area contributed by atoms with E-state index in [1.165, 1.54) is 0 Å². The van der Waals surface area contributed by atoms with E-state index < -0.39 is 5.91 Å². The predicted molar refractivity (Wildman–Crippen MR) is 84.3 cm³/mol. The molecule has 0 aromatic carbocycles. The third-order valence-corrected chi connectivity index (χ3v) is 2.99. The number of aliphatic imine (C=N–C) groups is 1. The molecule has 118 valence electrons. The highest BCUT2D eigenvalue weighted by atomic mass is 16.3. The maximum absolute atomic E-state index is 11.0. The first-order valence-corrected chi connectivity index (χ1v) is 7.10. The van der Waals surface area contributed by atoms with E-state index in [1.807, 2.05) is 37.0 Å². The Morgan fingerprint density at radius 1 is 1.36 bits per heavy atom. The van der Waals surface area contributed by atoms with Crippen molar-refractivity contribution in [3.05, 3.63) is 47.7 Å². The fraction of sp³-hybridized carbons (Fsp3) is 0.333. The van der Waals surface area contributed by atoms with Gasteiger partial charge in [-0.1, -0.05) is 0 Å². The van der Waals surface area contributed by atoms with Crippen molar-refractivity contribution in [2.24, 2.45) is 17.8 Å². The molecule has 0 radical (unpaired) electrons. The number of carbonyl (C=O) groups is 1. The molecular formula is C15H21N5O2. The summed E-state index contributed by atoms with van der Waals surface area (Å²) >= 11 is 0. The fourth-order valence-electron chi connectivity index (χ4n) is 1.94. The number of aryl methyl sites for hydroxylation is 1. The number of furan rings is 1. The van der Waals surface area contributed by atoms with Gasteiger partial charge in [0.15, 0.2) is 11.7 Å². The molecule has 2 aromatic rings. The van der Waals surface area contributed by atoms with Gasteiger partial charge < -0.3 is 25.4 Å². The van der Waals surface area contributed by atoms with E-state index in [0.29, 0.717) is 24.8 Å². The largest absolute Gasteiger partial charge is 0.454 e. The number of guanidine groups is 1. The number of nitrogens with zero attached hydrogens (tertiary/aromatic N) is 2. The van der Waals surface area contributed by atoms with Gasteiger partial charge in [0.1, 0.15) is 5.76 Å². The van der Waals surface area contributed by atoms with Crippen LogP contribution in [0.3, 0.4) is 0 Å². The molecule has 0 aliphatic carbocycles. The second-order valence-corrected chi connectivity index (χ2v) is 4.86. The first-order valence-electron chi connectivity index (χ1n) is 7.10. The van der Waals surface area contributed by atoms with Crippen LogP contribution in [0.25, 0.3) is 0 Å². The molecule has 4 N–H and O–H groups in total. The fourth-order valence-corrected chi connectivity index (χ4v) is 1.94. The monoisotopic (exact) mass is 303 g/mol. The summed E-state index contributed by atoms with van der Waals surface area (Å²) < 4.78 is 7.30. The van der Waals surface area contributed by atoms with Crippen LogP contribution in [0.15, 0.2) is 40.0 Å². The van der Waals surface area contributed by atoms with Crippen LogP contribution in [-0.2, 0) is 20.1 Å². The zero-order chi connectivity index (χ0) is 15.9. The molecule has 0 saturated heterocycles. The molecule has 0 fully saturated rings. The van der Waals surface area contributed by atoms with E-state index in [9.17, 15) is 4.79 Å². The van der Waals surface area contributed by atoms with E-state index in [-0.39, 0.29) is 5.76 Å². The van der Waals surface area contributed by atoms with Crippen LogP contribution in [0, 0.1) is 0 Å². The van der Waals surface area contributed by atoms with Crippen LogP contribution in [0.4, 0.5) is 0 Å². The number of hydrogen-bond donors (Lipinski definition) is 3. The Balaban J connectivity index is 1.94. The third-order valence-electron chi connectivity index (χ3n) is 2.99. The van der Waals surface area contributed by atoms with Crippen molar-refractivity contribution in [3.8, 4) is 0 Å². The van der Waals surface area contributed by atoms with Gasteiger partial charge in [0.25, 0.3) is 5.91 Å². The number of amides is 1. The van der Waals surface area contributed by atoms with E-state index in [4.69, 9.17) is 10.2 Å². The molecule has 22 heavy (non-hydrogen) atoms. The maximum Gasteiger partial charge on any atom is 0.284 e. The summed E-state index contributed by atoms with van der Waals surface area (Å²) in [4.78, 5) is 15.5. The summed E-state index contributed by atoms with van der Waals surface area (Å²) in [6, 6.07) is 5.31. The molecule has 0 aliphatic rings. The lowest BCUT2D eigenvalue weighted by Gasteiger charge is -2.09. The highest BCUT2D eigenvalue weighted by Crippen LogP contribution is 2.06. The molecule has 1 amide bonds. The van der Waals surface area contributed by atoms with Gasteiger partial charge in [-0.25, -0.2) is 4.99 Å². The summed E-state index contributed by atoms with van der Waals surface area (Å²) in [7, 11) is 1.98. The number of aromatic nitrogens is 1. The first kappa shape index (κ1) is 15.7. The SMILES string of the molecule is CCNC(=NCc1ccn(C)c1)NCc1ccc(C(N)=O)o1. The zero-order valence-electron chi connectivity index (χ0n) is 12.8. The number of primary amides is 1. The molecule has 0 spiro atoms. The number of rotatable bonds is 6. The van der Waals surface area contributed by atoms with Gasteiger partial charge in [0.05, 0.1) is 13.1 Å². The molecule has 7 heteroatoms. The average Bonchev–Trinajstić information content (AvgIpc) is 3.11. The van der Waals surface area contributed by atoms with Crippen molar-refractivity contribution in [1.82, 2.24) is 15.2 Å². The quantitative estimate of drug-likeness (QED) is 0.547. The summed E-state index contributed by atoms with van der Waals surface area (Å²) in [5.74, 6) is 0.890. The molecule has 0 atom stereocenters. The minimum absolute atomic E-state index is 0.156. The standard InChI is InChI=1S/C15H21N5O2/c1-3-17-15(18-8-11-6-7-20(2)10-11)19-9-12-4-5-13(22-12)14(16)21/h4-7,10H,3,8-9H2,1-2H3,(H2,16,21)(H2,17,18,19). The van der Waals surface area contributed by atoms with Crippen LogP contribution in [0.5, 0.6) is 0 Å². The number of nitrogens with one attached hydrogen (secondary N) is 2. The van der Waals surface area contributed by atoms with Gasteiger partial charge in [-0.2, -0.15) is 0 Å². The van der Waals surface area contributed by atoms with Crippen molar-refractivity contribution >= 4 is 11.9 Å². The molecule has 0 unspecified atom stereocenters. The van der Waals surface area contributed by atoms with Gasteiger partial charge in [0.2, 0.25) is 0 Å². The van der Waals surface area contributed by atoms with Gasteiger partial charge in [-0.3, -0.25) is 4.79 Å². The third kappa shape index (κ3) is 4.41. The summed E-state index contributed by atoms with van der Waals surface area (Å²) in [6.07, 6.45) is 4.01. The number of carbonyl (C=O) groups excluding carboxylic acids is 1. The second-order valence-electron chi connectivity index (χ2n) is 4.86. The Morgan fingerprint density at radius 3 is 2.77 bits per heavy atom. The number of hydrogen-bond acceptors (Lipinski definition) is 3. The summed E-state index contributed by atoms with van der Waals surface area (Å²) in [5, 5.41) is 6.31. The molecule has 7 nitrogen and oxygen atoms in total. The van der Waals surface area contributed by atoms with Crippen molar-refractivity contribution in [2.75, 3.05) is 6.54 Å². The lowest BCUT2D eigenvalue weighted by Crippen LogP contribution is -2.36. The topological polar surface area (TPSA) is 97.6 Å². The zero-order valence-corrected chi connectivity index (χ0v) is 12.8. The van der Waals surface area contributed by atoms with Crippen LogP contribution in [0.1, 0.15) is 28.8 Å². The lowest BCUT2D eigenvalue weighted by molar-refractivity contribution is 0.0972. The van der Waals surface area contributed by atoms with Crippen molar-refractivity contribution in [3.63, 3.8) is 0 Å². The van der Waals surface area contributed by atoms with E-state index in [0.717, 1.165) is 12.1 Å². The van der Waals surface area contributed by atoms with Crippen LogP contribution in [-0.4, -0.2) is 23.0 Å². The molecule has 0 bridgehead atoms. The van der Waals surface area contributed by atoms with Crippen LogP contribution in [0.2, 0.25) is 0 Å². The predicted octanol–water partition coefficient (Wildman–Crippen LogP) is 0.972. The average molecular weight is 303 g/mol.